The molecular weight excluding hydrogens is 348 g/mol. The van der Waals surface area contributed by atoms with Crippen molar-refractivity contribution in [3.63, 3.8) is 0 Å². The first kappa shape index (κ1) is 17.1. The second-order valence-corrected chi connectivity index (χ2v) is 8.75. The van der Waals surface area contributed by atoms with Crippen molar-refractivity contribution in [3.8, 4) is 0 Å². The smallest absolute Gasteiger partial charge is 0.261 e. The molecule has 2 aromatic carbocycles. The van der Waals surface area contributed by atoms with E-state index in [1.165, 1.54) is 5.56 Å². The number of amides is 1. The average molecular weight is 370 g/mol. The van der Waals surface area contributed by atoms with Gasteiger partial charge in [-0.05, 0) is 80.0 Å². The van der Waals surface area contributed by atoms with Crippen molar-refractivity contribution in [1.29, 1.82) is 0 Å². The zero-order valence-corrected chi connectivity index (χ0v) is 15.3. The van der Waals surface area contributed by atoms with E-state index in [1.807, 2.05) is 6.07 Å². The number of aryl methyl sites for hydroxylation is 2. The van der Waals surface area contributed by atoms with Gasteiger partial charge in [-0.2, -0.15) is 0 Å². The molecule has 6 heteroatoms. The number of carbonyl (C=O) groups is 1. The number of rotatable bonds is 5. The highest BCUT2D eigenvalue weighted by molar-refractivity contribution is 7.92. The summed E-state index contributed by atoms with van der Waals surface area (Å²) in [6, 6.07) is 12.2. The Bertz CT molecular complexity index is 949. The lowest BCUT2D eigenvalue weighted by Gasteiger charge is -2.17. The topological polar surface area (TPSA) is 75.3 Å². The maximum atomic E-state index is 12.7. The van der Waals surface area contributed by atoms with Gasteiger partial charge in [-0.1, -0.05) is 12.1 Å². The van der Waals surface area contributed by atoms with E-state index >= 15 is 0 Å². The van der Waals surface area contributed by atoms with Crippen LogP contribution in [0.15, 0.2) is 47.4 Å². The number of sulfonamides is 1. The highest BCUT2D eigenvalue weighted by Crippen LogP contribution is 2.25. The molecule has 4 rings (SSSR count). The summed E-state index contributed by atoms with van der Waals surface area (Å²) in [5.41, 5.74) is 3.22. The van der Waals surface area contributed by atoms with Crippen LogP contribution in [0.3, 0.4) is 0 Å². The van der Waals surface area contributed by atoms with Gasteiger partial charge in [-0.15, -0.1) is 0 Å². The minimum absolute atomic E-state index is 0.165. The molecule has 0 atom stereocenters. The molecule has 5 nitrogen and oxygen atoms in total. The molecule has 136 valence electrons. The summed E-state index contributed by atoms with van der Waals surface area (Å²) in [4.78, 5) is 12.4. The predicted octanol–water partition coefficient (Wildman–Crippen LogP) is 3.26. The van der Waals surface area contributed by atoms with Crippen molar-refractivity contribution in [2.75, 3.05) is 4.72 Å². The number of carbonyl (C=O) groups excluding carboxylic acids is 1. The fourth-order valence-electron chi connectivity index (χ4n) is 3.31. The van der Waals surface area contributed by atoms with Crippen LogP contribution >= 0.6 is 0 Å². The third-order valence-electron chi connectivity index (χ3n) is 4.92. The Labute approximate surface area is 153 Å². The SMILES string of the molecule is O=C(NC1CC1)c1cccc(NS(=O)(=O)c2ccc3c(c2)CCCC3)c1. The maximum Gasteiger partial charge on any atom is 0.261 e. The van der Waals surface area contributed by atoms with Gasteiger partial charge in [0.2, 0.25) is 0 Å². The summed E-state index contributed by atoms with van der Waals surface area (Å²) in [5, 5.41) is 2.91. The van der Waals surface area contributed by atoms with Gasteiger partial charge >= 0.3 is 0 Å². The molecule has 1 saturated carbocycles. The minimum Gasteiger partial charge on any atom is -0.349 e. The van der Waals surface area contributed by atoms with Gasteiger partial charge in [-0.25, -0.2) is 8.42 Å². The van der Waals surface area contributed by atoms with Gasteiger partial charge in [0.05, 0.1) is 4.90 Å². The second kappa shape index (κ2) is 6.76. The molecular formula is C20H22N2O3S. The van der Waals surface area contributed by atoms with E-state index in [0.29, 0.717) is 11.3 Å². The Morgan fingerprint density at radius 1 is 0.962 bits per heavy atom. The number of benzene rings is 2. The Hall–Kier alpha value is -2.34. The highest BCUT2D eigenvalue weighted by Gasteiger charge is 2.24. The number of hydrogen-bond acceptors (Lipinski definition) is 3. The molecule has 0 bridgehead atoms. The summed E-state index contributed by atoms with van der Waals surface area (Å²) in [6.45, 7) is 0. The maximum absolute atomic E-state index is 12.7. The third-order valence-corrected chi connectivity index (χ3v) is 6.30. The van der Waals surface area contributed by atoms with Gasteiger partial charge in [0.15, 0.2) is 0 Å². The van der Waals surface area contributed by atoms with Gasteiger partial charge in [-0.3, -0.25) is 9.52 Å². The normalized spacial score (nSPS) is 16.6. The molecule has 1 amide bonds. The Morgan fingerprint density at radius 2 is 1.73 bits per heavy atom. The molecule has 0 radical (unpaired) electrons. The van der Waals surface area contributed by atoms with Gasteiger partial charge < -0.3 is 5.32 Å². The molecule has 2 aromatic rings. The summed E-state index contributed by atoms with van der Waals surface area (Å²) >= 11 is 0. The fourth-order valence-corrected chi connectivity index (χ4v) is 4.41. The molecule has 0 aliphatic heterocycles. The molecule has 26 heavy (non-hydrogen) atoms. The average Bonchev–Trinajstić information content (AvgIpc) is 3.45. The molecule has 2 N–H and O–H groups in total. The molecule has 2 aliphatic rings. The summed E-state index contributed by atoms with van der Waals surface area (Å²) in [6.07, 6.45) is 6.22. The van der Waals surface area contributed by atoms with Crippen molar-refractivity contribution in [2.45, 2.75) is 49.5 Å². The molecule has 2 aliphatic carbocycles. The van der Waals surface area contributed by atoms with E-state index < -0.39 is 10.0 Å². The third kappa shape index (κ3) is 3.75. The van der Waals surface area contributed by atoms with Crippen molar-refractivity contribution < 1.29 is 13.2 Å². The van der Waals surface area contributed by atoms with Crippen molar-refractivity contribution in [1.82, 2.24) is 5.32 Å². The standard InChI is InChI=1S/C20H22N2O3S/c23-20(21-17-9-10-17)16-6-3-7-18(12-16)22-26(24,25)19-11-8-14-4-1-2-5-15(14)13-19/h3,6-8,11-13,17,22H,1-2,4-5,9-10H2,(H,21,23). The van der Waals surface area contributed by atoms with E-state index in [-0.39, 0.29) is 16.8 Å². The number of fused-ring (bicyclic) bond motifs is 1. The van der Waals surface area contributed by atoms with Crippen LogP contribution in [0.25, 0.3) is 0 Å². The Morgan fingerprint density at radius 3 is 2.50 bits per heavy atom. The van der Waals surface area contributed by atoms with Crippen LogP contribution in [0.1, 0.15) is 47.2 Å². The van der Waals surface area contributed by atoms with Crippen molar-refractivity contribution in [3.05, 3.63) is 59.2 Å². The van der Waals surface area contributed by atoms with E-state index in [1.54, 1.807) is 36.4 Å². The Balaban J connectivity index is 1.55. The lowest BCUT2D eigenvalue weighted by Crippen LogP contribution is -2.25. The zero-order chi connectivity index (χ0) is 18.1. The van der Waals surface area contributed by atoms with Crippen LogP contribution in [-0.4, -0.2) is 20.4 Å². The monoisotopic (exact) mass is 370 g/mol. The van der Waals surface area contributed by atoms with E-state index in [9.17, 15) is 13.2 Å². The lowest BCUT2D eigenvalue weighted by molar-refractivity contribution is 0.0951. The number of anilines is 1. The predicted molar refractivity (Wildman–Crippen MR) is 101 cm³/mol. The fraction of sp³-hybridized carbons (Fsp3) is 0.350. The van der Waals surface area contributed by atoms with E-state index in [4.69, 9.17) is 0 Å². The molecule has 1 fully saturated rings. The van der Waals surface area contributed by atoms with Crippen LogP contribution in [0, 0.1) is 0 Å². The quantitative estimate of drug-likeness (QED) is 0.848. The highest BCUT2D eigenvalue weighted by atomic mass is 32.2. The van der Waals surface area contributed by atoms with Crippen molar-refractivity contribution >= 4 is 21.6 Å². The van der Waals surface area contributed by atoms with Gasteiger partial charge in [0, 0.05) is 17.3 Å². The minimum atomic E-state index is -3.68. The first-order valence-electron chi connectivity index (χ1n) is 9.07. The lowest BCUT2D eigenvalue weighted by atomic mass is 9.92. The first-order valence-corrected chi connectivity index (χ1v) is 10.6. The Kier molecular flexibility index (Phi) is 4.44. The molecule has 0 heterocycles. The largest absolute Gasteiger partial charge is 0.349 e. The van der Waals surface area contributed by atoms with E-state index in [2.05, 4.69) is 10.0 Å². The second-order valence-electron chi connectivity index (χ2n) is 7.07. The number of hydrogen-bond donors (Lipinski definition) is 2. The van der Waals surface area contributed by atoms with Crippen LogP contribution in [-0.2, 0) is 22.9 Å². The first-order chi connectivity index (χ1) is 12.5. The van der Waals surface area contributed by atoms with Crippen LogP contribution in [0.5, 0.6) is 0 Å². The van der Waals surface area contributed by atoms with Crippen LogP contribution in [0.2, 0.25) is 0 Å². The molecule has 0 saturated heterocycles. The van der Waals surface area contributed by atoms with Gasteiger partial charge in [0.1, 0.15) is 0 Å². The van der Waals surface area contributed by atoms with Crippen LogP contribution in [0.4, 0.5) is 5.69 Å². The summed E-state index contributed by atoms with van der Waals surface area (Å²) in [7, 11) is -3.68. The molecule has 0 aromatic heterocycles. The molecule has 0 unspecified atom stereocenters. The number of nitrogens with one attached hydrogen (secondary N) is 2. The van der Waals surface area contributed by atoms with Crippen molar-refractivity contribution in [2.24, 2.45) is 0 Å². The van der Waals surface area contributed by atoms with E-state index in [0.717, 1.165) is 44.1 Å². The molecule has 0 spiro atoms. The zero-order valence-electron chi connectivity index (χ0n) is 14.5. The summed E-state index contributed by atoms with van der Waals surface area (Å²) in [5.74, 6) is -0.165. The van der Waals surface area contributed by atoms with Gasteiger partial charge in [0.25, 0.3) is 15.9 Å². The summed E-state index contributed by atoms with van der Waals surface area (Å²) < 4.78 is 28.1. The van der Waals surface area contributed by atoms with Crippen LogP contribution < -0.4 is 10.0 Å².